The fraction of sp³-hybridized carbons (Fsp3) is 1.00. The Morgan fingerprint density at radius 2 is 1.86 bits per heavy atom. The molecule has 82 valence electrons. The minimum absolute atomic E-state index is 0.869. The third kappa shape index (κ3) is 2.50. The van der Waals surface area contributed by atoms with Crippen LogP contribution >= 0.6 is 0 Å². The van der Waals surface area contributed by atoms with Gasteiger partial charge in [0, 0.05) is 6.04 Å². The van der Waals surface area contributed by atoms with Gasteiger partial charge in [-0.3, -0.25) is 0 Å². The quantitative estimate of drug-likeness (QED) is 0.685. The van der Waals surface area contributed by atoms with Crippen molar-refractivity contribution in [2.45, 2.75) is 64.3 Å². The molecule has 2 rings (SSSR count). The lowest BCUT2D eigenvalue weighted by atomic mass is 9.72. The molecule has 0 aromatic rings. The first-order chi connectivity index (χ1) is 6.90. The molecule has 0 aromatic heterocycles. The Labute approximate surface area is 88.7 Å². The molecule has 0 bridgehead atoms. The maximum atomic E-state index is 3.77. The largest absolute Gasteiger partial charge is 0.314 e. The molecule has 1 unspecified atom stereocenters. The summed E-state index contributed by atoms with van der Waals surface area (Å²) in [5.41, 5.74) is 0. The molecule has 2 aliphatic carbocycles. The van der Waals surface area contributed by atoms with Gasteiger partial charge in [0.05, 0.1) is 0 Å². The van der Waals surface area contributed by atoms with Crippen LogP contribution in [0, 0.1) is 11.8 Å². The Kier molecular flexibility index (Phi) is 3.86. The Morgan fingerprint density at radius 1 is 1.14 bits per heavy atom. The molecule has 2 fully saturated rings. The first-order valence-electron chi connectivity index (χ1n) is 6.63. The second-order valence-electron chi connectivity index (χ2n) is 5.28. The maximum Gasteiger partial charge on any atom is 0.00979 e. The van der Waals surface area contributed by atoms with E-state index in [9.17, 15) is 0 Å². The van der Waals surface area contributed by atoms with Crippen molar-refractivity contribution in [2.75, 3.05) is 6.54 Å². The van der Waals surface area contributed by atoms with Gasteiger partial charge < -0.3 is 5.32 Å². The lowest BCUT2D eigenvalue weighted by Gasteiger charge is -2.38. The van der Waals surface area contributed by atoms with Crippen LogP contribution in [0.1, 0.15) is 58.3 Å². The van der Waals surface area contributed by atoms with Crippen molar-refractivity contribution in [3.63, 3.8) is 0 Å². The van der Waals surface area contributed by atoms with E-state index in [1.54, 1.807) is 0 Å². The SMILES string of the molecule is CCCNC(CC1CCC1)C1CCC1. The minimum Gasteiger partial charge on any atom is -0.314 e. The first-order valence-corrected chi connectivity index (χ1v) is 6.63. The second kappa shape index (κ2) is 5.16. The highest BCUT2D eigenvalue weighted by atomic mass is 14.9. The molecular formula is C13H25N. The molecule has 0 amide bonds. The summed E-state index contributed by atoms with van der Waals surface area (Å²) < 4.78 is 0. The van der Waals surface area contributed by atoms with E-state index >= 15 is 0 Å². The second-order valence-corrected chi connectivity index (χ2v) is 5.28. The molecule has 0 aliphatic heterocycles. The molecule has 1 heteroatoms. The zero-order valence-electron chi connectivity index (χ0n) is 9.60. The van der Waals surface area contributed by atoms with Crippen molar-refractivity contribution in [3.8, 4) is 0 Å². The smallest absolute Gasteiger partial charge is 0.00979 e. The zero-order chi connectivity index (χ0) is 9.80. The average Bonchev–Trinajstić information content (AvgIpc) is 2.03. The number of rotatable bonds is 6. The summed E-state index contributed by atoms with van der Waals surface area (Å²) in [5, 5.41) is 3.77. The minimum atomic E-state index is 0.869. The number of nitrogens with one attached hydrogen (secondary N) is 1. The lowest BCUT2D eigenvalue weighted by Crippen LogP contribution is -2.42. The molecule has 0 spiro atoms. The van der Waals surface area contributed by atoms with Crippen LogP contribution < -0.4 is 5.32 Å². The molecular weight excluding hydrogens is 170 g/mol. The van der Waals surface area contributed by atoms with E-state index in [2.05, 4.69) is 12.2 Å². The standard InChI is InChI=1S/C13H25N/c1-2-9-14-13(12-7-4-8-12)10-11-5-3-6-11/h11-14H,2-10H2,1H3. The van der Waals surface area contributed by atoms with Crippen molar-refractivity contribution in [3.05, 3.63) is 0 Å². The molecule has 14 heavy (non-hydrogen) atoms. The summed E-state index contributed by atoms with van der Waals surface area (Å²) in [7, 11) is 0. The highest BCUT2D eigenvalue weighted by Gasteiger charge is 2.30. The van der Waals surface area contributed by atoms with Gasteiger partial charge in [0.25, 0.3) is 0 Å². The van der Waals surface area contributed by atoms with E-state index in [-0.39, 0.29) is 0 Å². The highest BCUT2D eigenvalue weighted by Crippen LogP contribution is 2.37. The van der Waals surface area contributed by atoms with Crippen LogP contribution in [0.2, 0.25) is 0 Å². The lowest BCUT2D eigenvalue weighted by molar-refractivity contribution is 0.170. The van der Waals surface area contributed by atoms with E-state index in [1.165, 1.54) is 57.9 Å². The van der Waals surface area contributed by atoms with Gasteiger partial charge in [-0.2, -0.15) is 0 Å². The first kappa shape index (κ1) is 10.5. The van der Waals surface area contributed by atoms with Crippen molar-refractivity contribution < 1.29 is 0 Å². The van der Waals surface area contributed by atoms with Gasteiger partial charge in [-0.1, -0.05) is 32.6 Å². The molecule has 1 atom stereocenters. The fourth-order valence-corrected chi connectivity index (χ4v) is 2.70. The summed E-state index contributed by atoms with van der Waals surface area (Å²) in [6, 6.07) is 0.869. The van der Waals surface area contributed by atoms with E-state index in [1.807, 2.05) is 0 Å². The predicted molar refractivity (Wildman–Crippen MR) is 61.4 cm³/mol. The van der Waals surface area contributed by atoms with Gasteiger partial charge in [0.15, 0.2) is 0 Å². The monoisotopic (exact) mass is 195 g/mol. The van der Waals surface area contributed by atoms with Crippen LogP contribution in [0.4, 0.5) is 0 Å². The van der Waals surface area contributed by atoms with Crippen LogP contribution in [0.5, 0.6) is 0 Å². The summed E-state index contributed by atoms with van der Waals surface area (Å²) in [6.07, 6.45) is 11.8. The van der Waals surface area contributed by atoms with Gasteiger partial charge >= 0.3 is 0 Å². The normalized spacial score (nSPS) is 25.5. The van der Waals surface area contributed by atoms with Gasteiger partial charge in [-0.25, -0.2) is 0 Å². The molecule has 1 nitrogen and oxygen atoms in total. The van der Waals surface area contributed by atoms with Crippen molar-refractivity contribution in [1.82, 2.24) is 5.32 Å². The van der Waals surface area contributed by atoms with Crippen LogP contribution in [-0.2, 0) is 0 Å². The average molecular weight is 195 g/mol. The number of hydrogen-bond acceptors (Lipinski definition) is 1. The Balaban J connectivity index is 1.72. The molecule has 0 radical (unpaired) electrons. The molecule has 2 aliphatic rings. The van der Waals surface area contributed by atoms with Crippen LogP contribution in [0.3, 0.4) is 0 Å². The third-order valence-electron chi connectivity index (χ3n) is 4.19. The van der Waals surface area contributed by atoms with E-state index < -0.39 is 0 Å². The van der Waals surface area contributed by atoms with Crippen LogP contribution in [-0.4, -0.2) is 12.6 Å². The summed E-state index contributed by atoms with van der Waals surface area (Å²) in [4.78, 5) is 0. The van der Waals surface area contributed by atoms with Crippen molar-refractivity contribution in [2.24, 2.45) is 11.8 Å². The molecule has 0 heterocycles. The number of hydrogen-bond donors (Lipinski definition) is 1. The highest BCUT2D eigenvalue weighted by molar-refractivity contribution is 4.86. The van der Waals surface area contributed by atoms with Crippen LogP contribution in [0.15, 0.2) is 0 Å². The van der Waals surface area contributed by atoms with Crippen molar-refractivity contribution >= 4 is 0 Å². The van der Waals surface area contributed by atoms with Gasteiger partial charge in [0.2, 0.25) is 0 Å². The fourth-order valence-electron chi connectivity index (χ4n) is 2.70. The van der Waals surface area contributed by atoms with Gasteiger partial charge in [-0.05, 0) is 44.1 Å². The Morgan fingerprint density at radius 3 is 2.29 bits per heavy atom. The topological polar surface area (TPSA) is 12.0 Å². The molecule has 1 N–H and O–H groups in total. The Bertz CT molecular complexity index is 159. The third-order valence-corrected chi connectivity index (χ3v) is 4.19. The summed E-state index contributed by atoms with van der Waals surface area (Å²) in [5.74, 6) is 2.10. The maximum absolute atomic E-state index is 3.77. The summed E-state index contributed by atoms with van der Waals surface area (Å²) in [6.45, 7) is 3.50. The predicted octanol–water partition coefficient (Wildman–Crippen LogP) is 3.34. The van der Waals surface area contributed by atoms with Gasteiger partial charge in [0.1, 0.15) is 0 Å². The van der Waals surface area contributed by atoms with Crippen molar-refractivity contribution in [1.29, 1.82) is 0 Å². The van der Waals surface area contributed by atoms with E-state index in [4.69, 9.17) is 0 Å². The molecule has 0 aromatic carbocycles. The van der Waals surface area contributed by atoms with E-state index in [0.717, 1.165) is 17.9 Å². The van der Waals surface area contributed by atoms with Gasteiger partial charge in [-0.15, -0.1) is 0 Å². The van der Waals surface area contributed by atoms with Crippen LogP contribution in [0.25, 0.3) is 0 Å². The molecule has 0 saturated heterocycles. The zero-order valence-corrected chi connectivity index (χ0v) is 9.60. The molecule has 2 saturated carbocycles. The summed E-state index contributed by atoms with van der Waals surface area (Å²) >= 11 is 0. The van der Waals surface area contributed by atoms with E-state index in [0.29, 0.717) is 0 Å². The Hall–Kier alpha value is -0.0400.